The summed E-state index contributed by atoms with van der Waals surface area (Å²) in [6.07, 6.45) is 1.72. The van der Waals surface area contributed by atoms with Gasteiger partial charge in [0.05, 0.1) is 11.8 Å². The Morgan fingerprint density at radius 2 is 2.20 bits per heavy atom. The van der Waals surface area contributed by atoms with E-state index in [0.717, 1.165) is 37.4 Å². The number of hydrogen-bond donors (Lipinski definition) is 1. The number of nitrogens with one attached hydrogen (secondary N) is 1. The van der Waals surface area contributed by atoms with E-state index < -0.39 is 0 Å². The molecule has 0 bridgehead atoms. The summed E-state index contributed by atoms with van der Waals surface area (Å²) in [4.78, 5) is 14.6. The molecule has 0 saturated carbocycles. The van der Waals surface area contributed by atoms with Crippen LogP contribution >= 0.6 is 0 Å². The van der Waals surface area contributed by atoms with E-state index in [1.54, 1.807) is 6.20 Å². The molecule has 1 aromatic heterocycles. The summed E-state index contributed by atoms with van der Waals surface area (Å²) >= 11 is 0. The average molecular weight is 278 g/mol. The molecule has 1 aliphatic heterocycles. The van der Waals surface area contributed by atoms with E-state index in [-0.39, 0.29) is 11.4 Å². The Morgan fingerprint density at radius 3 is 2.80 bits per heavy atom. The number of amides is 1. The third-order valence-corrected chi connectivity index (χ3v) is 3.73. The minimum atomic E-state index is -0.0181. The van der Waals surface area contributed by atoms with E-state index in [9.17, 15) is 4.79 Å². The Kier molecular flexibility index (Phi) is 4.18. The number of rotatable bonds is 3. The smallest absolute Gasteiger partial charge is 0.257 e. The van der Waals surface area contributed by atoms with Crippen LogP contribution in [0.1, 0.15) is 43.7 Å². The third kappa shape index (κ3) is 3.20. The predicted molar refractivity (Wildman–Crippen MR) is 79.8 cm³/mol. The van der Waals surface area contributed by atoms with Crippen molar-refractivity contribution in [1.82, 2.24) is 20.0 Å². The largest absolute Gasteiger partial charge is 0.335 e. The highest BCUT2D eigenvalue weighted by atomic mass is 16.2. The van der Waals surface area contributed by atoms with E-state index in [2.05, 4.69) is 38.1 Å². The summed E-state index contributed by atoms with van der Waals surface area (Å²) in [5.41, 5.74) is 1.69. The highest BCUT2D eigenvalue weighted by molar-refractivity contribution is 5.95. The van der Waals surface area contributed by atoms with Gasteiger partial charge in [-0.25, -0.2) is 0 Å². The second kappa shape index (κ2) is 5.56. The molecule has 5 heteroatoms. The molecule has 0 radical (unpaired) electrons. The number of aromatic nitrogens is 2. The fourth-order valence-electron chi connectivity index (χ4n) is 2.67. The van der Waals surface area contributed by atoms with Gasteiger partial charge in [-0.05, 0) is 26.7 Å². The Bertz CT molecular complexity index is 490. The third-order valence-electron chi connectivity index (χ3n) is 3.73. The second-order valence-corrected chi connectivity index (χ2v) is 6.76. The van der Waals surface area contributed by atoms with Crippen LogP contribution in [0.5, 0.6) is 0 Å². The topological polar surface area (TPSA) is 50.2 Å². The molecule has 0 aromatic carbocycles. The van der Waals surface area contributed by atoms with Crippen molar-refractivity contribution in [3.8, 4) is 0 Å². The molecule has 0 spiro atoms. The molecular formula is C15H26N4O. The van der Waals surface area contributed by atoms with Gasteiger partial charge in [0.15, 0.2) is 0 Å². The van der Waals surface area contributed by atoms with Crippen molar-refractivity contribution in [3.63, 3.8) is 0 Å². The van der Waals surface area contributed by atoms with Crippen LogP contribution in [0.2, 0.25) is 0 Å². The van der Waals surface area contributed by atoms with E-state index in [4.69, 9.17) is 0 Å². The molecule has 0 atom stereocenters. The fourth-order valence-corrected chi connectivity index (χ4v) is 2.67. The van der Waals surface area contributed by atoms with Gasteiger partial charge in [-0.15, -0.1) is 0 Å². The molecule has 5 nitrogen and oxygen atoms in total. The maximum atomic E-state index is 12.7. The number of carbonyl (C=O) groups is 1. The Morgan fingerprint density at radius 1 is 1.50 bits per heavy atom. The number of nitrogens with zero attached hydrogens (tertiary/aromatic N) is 3. The van der Waals surface area contributed by atoms with Crippen molar-refractivity contribution in [2.75, 3.05) is 19.6 Å². The summed E-state index contributed by atoms with van der Waals surface area (Å²) in [7, 11) is 0. The van der Waals surface area contributed by atoms with Crippen molar-refractivity contribution < 1.29 is 4.79 Å². The predicted octanol–water partition coefficient (Wildman–Crippen LogP) is 1.67. The zero-order valence-corrected chi connectivity index (χ0v) is 13.2. The second-order valence-electron chi connectivity index (χ2n) is 6.76. The quantitative estimate of drug-likeness (QED) is 0.915. The van der Waals surface area contributed by atoms with Gasteiger partial charge in [0, 0.05) is 37.4 Å². The minimum absolute atomic E-state index is 0.0181. The number of hydrogen-bond acceptors (Lipinski definition) is 3. The molecule has 2 heterocycles. The van der Waals surface area contributed by atoms with Gasteiger partial charge in [-0.3, -0.25) is 9.48 Å². The normalized spacial score (nSPS) is 18.6. The zero-order valence-electron chi connectivity index (χ0n) is 13.2. The number of piperazine rings is 1. The van der Waals surface area contributed by atoms with Gasteiger partial charge in [-0.1, -0.05) is 13.8 Å². The maximum absolute atomic E-state index is 12.7. The zero-order chi connectivity index (χ0) is 14.9. The number of carbonyl (C=O) groups excluding carboxylic acids is 1. The Hall–Kier alpha value is -1.36. The van der Waals surface area contributed by atoms with Gasteiger partial charge in [-0.2, -0.15) is 5.10 Å². The summed E-state index contributed by atoms with van der Waals surface area (Å²) in [6, 6.07) is 0. The summed E-state index contributed by atoms with van der Waals surface area (Å²) in [5, 5.41) is 7.79. The van der Waals surface area contributed by atoms with Gasteiger partial charge >= 0.3 is 0 Å². The van der Waals surface area contributed by atoms with Gasteiger partial charge in [0.25, 0.3) is 5.91 Å². The minimum Gasteiger partial charge on any atom is -0.335 e. The molecule has 1 saturated heterocycles. The molecule has 0 unspecified atom stereocenters. The van der Waals surface area contributed by atoms with Crippen LogP contribution in [-0.2, 0) is 6.54 Å². The van der Waals surface area contributed by atoms with Crippen LogP contribution in [0.3, 0.4) is 0 Å². The van der Waals surface area contributed by atoms with E-state index in [1.165, 1.54) is 0 Å². The first-order valence-corrected chi connectivity index (χ1v) is 7.37. The van der Waals surface area contributed by atoms with E-state index in [0.29, 0.717) is 5.92 Å². The highest BCUT2D eigenvalue weighted by Crippen LogP contribution is 2.16. The van der Waals surface area contributed by atoms with Gasteiger partial charge in [0.1, 0.15) is 0 Å². The fraction of sp³-hybridized carbons (Fsp3) is 0.733. The average Bonchev–Trinajstić information content (AvgIpc) is 2.68. The van der Waals surface area contributed by atoms with E-state index >= 15 is 0 Å². The van der Waals surface area contributed by atoms with Crippen LogP contribution in [0, 0.1) is 12.8 Å². The van der Waals surface area contributed by atoms with E-state index in [1.807, 2.05) is 16.5 Å². The first-order valence-electron chi connectivity index (χ1n) is 7.37. The lowest BCUT2D eigenvalue weighted by molar-refractivity contribution is 0.0651. The standard InChI is InChI=1S/C15H26N4O/c1-11(2)9-19-12(3)13(8-17-19)14(20)18-7-6-16-15(4,5)10-18/h8,11,16H,6-7,9-10H2,1-5H3. The lowest BCUT2D eigenvalue weighted by atomic mass is 10.0. The molecule has 1 amide bonds. The molecule has 1 N–H and O–H groups in total. The first kappa shape index (κ1) is 15.0. The first-order chi connectivity index (χ1) is 9.30. The molecular weight excluding hydrogens is 252 g/mol. The van der Waals surface area contributed by atoms with Gasteiger partial charge in [0.2, 0.25) is 0 Å². The summed E-state index contributed by atoms with van der Waals surface area (Å²) in [6.45, 7) is 13.7. The van der Waals surface area contributed by atoms with Crippen molar-refractivity contribution >= 4 is 5.91 Å². The van der Waals surface area contributed by atoms with Crippen molar-refractivity contribution in [2.45, 2.75) is 46.7 Å². The monoisotopic (exact) mass is 278 g/mol. The molecule has 1 aromatic rings. The van der Waals surface area contributed by atoms with Crippen LogP contribution in [0.4, 0.5) is 0 Å². The molecule has 0 aliphatic carbocycles. The van der Waals surface area contributed by atoms with Gasteiger partial charge < -0.3 is 10.2 Å². The molecule has 1 fully saturated rings. The molecule has 112 valence electrons. The van der Waals surface area contributed by atoms with Crippen LogP contribution < -0.4 is 5.32 Å². The van der Waals surface area contributed by atoms with Crippen LogP contribution in [0.25, 0.3) is 0 Å². The Labute approximate surface area is 121 Å². The van der Waals surface area contributed by atoms with Crippen LogP contribution in [0.15, 0.2) is 6.20 Å². The highest BCUT2D eigenvalue weighted by Gasteiger charge is 2.30. The van der Waals surface area contributed by atoms with Crippen molar-refractivity contribution in [2.24, 2.45) is 5.92 Å². The summed E-state index contributed by atoms with van der Waals surface area (Å²) in [5.74, 6) is 0.627. The van der Waals surface area contributed by atoms with Crippen LogP contribution in [-0.4, -0.2) is 45.8 Å². The maximum Gasteiger partial charge on any atom is 0.257 e. The van der Waals surface area contributed by atoms with Crippen molar-refractivity contribution in [1.29, 1.82) is 0 Å². The van der Waals surface area contributed by atoms with Crippen molar-refractivity contribution in [3.05, 3.63) is 17.5 Å². The lowest BCUT2D eigenvalue weighted by Crippen LogP contribution is -2.58. The molecule has 2 rings (SSSR count). The lowest BCUT2D eigenvalue weighted by Gasteiger charge is -2.39. The molecule has 1 aliphatic rings. The molecule has 20 heavy (non-hydrogen) atoms. The SMILES string of the molecule is Cc1c(C(=O)N2CCNC(C)(C)C2)cnn1CC(C)C. The summed E-state index contributed by atoms with van der Waals surface area (Å²) < 4.78 is 1.94. The Balaban J connectivity index is 2.15.